The summed E-state index contributed by atoms with van der Waals surface area (Å²) in [7, 11) is 0. The predicted molar refractivity (Wildman–Crippen MR) is 81.7 cm³/mol. The highest BCUT2D eigenvalue weighted by Gasteiger charge is 2.35. The third-order valence-electron chi connectivity index (χ3n) is 3.66. The van der Waals surface area contributed by atoms with E-state index in [4.69, 9.17) is 4.42 Å². The summed E-state index contributed by atoms with van der Waals surface area (Å²) in [6.45, 7) is 5.44. The average molecular weight is 337 g/mol. The Hall–Kier alpha value is -2.64. The second-order valence-electron chi connectivity index (χ2n) is 5.51. The van der Waals surface area contributed by atoms with Gasteiger partial charge in [-0.25, -0.2) is 9.78 Å². The molecule has 0 fully saturated rings. The Balaban J connectivity index is 2.28. The molecule has 1 aromatic carbocycles. The van der Waals surface area contributed by atoms with Crippen LogP contribution in [0.15, 0.2) is 27.4 Å². The zero-order chi connectivity index (χ0) is 17.6. The van der Waals surface area contributed by atoms with Crippen molar-refractivity contribution in [3.8, 4) is 11.6 Å². The fraction of sp³-hybridized carbons (Fsp3) is 0.312. The van der Waals surface area contributed by atoms with Gasteiger partial charge in [-0.05, 0) is 38.0 Å². The van der Waals surface area contributed by atoms with E-state index in [1.165, 1.54) is 0 Å². The van der Waals surface area contributed by atoms with Crippen molar-refractivity contribution in [3.05, 3.63) is 45.4 Å². The number of fused-ring (bicyclic) bond motifs is 1. The third kappa shape index (κ3) is 2.68. The van der Waals surface area contributed by atoms with Gasteiger partial charge in [0.15, 0.2) is 5.69 Å². The first-order valence-electron chi connectivity index (χ1n) is 7.28. The molecule has 0 aliphatic heterocycles. The maximum atomic E-state index is 12.9. The van der Waals surface area contributed by atoms with Crippen LogP contribution in [-0.2, 0) is 12.7 Å². The number of hydrogen-bond donors (Lipinski definition) is 0. The zero-order valence-corrected chi connectivity index (χ0v) is 13.2. The molecule has 5 nitrogen and oxygen atoms in total. The van der Waals surface area contributed by atoms with Crippen LogP contribution in [0.3, 0.4) is 0 Å². The van der Waals surface area contributed by atoms with E-state index < -0.39 is 17.5 Å². The molecule has 3 rings (SSSR count). The molecule has 0 N–H and O–H groups in total. The number of alkyl halides is 3. The van der Waals surface area contributed by atoms with Gasteiger partial charge in [0.2, 0.25) is 5.89 Å². The van der Waals surface area contributed by atoms with Crippen LogP contribution in [0.5, 0.6) is 0 Å². The van der Waals surface area contributed by atoms with Gasteiger partial charge in [0, 0.05) is 12.6 Å². The van der Waals surface area contributed by atoms with Crippen molar-refractivity contribution >= 4 is 10.9 Å². The average Bonchev–Trinajstić information content (AvgIpc) is 2.92. The fourth-order valence-electron chi connectivity index (χ4n) is 2.61. The highest BCUT2D eigenvalue weighted by Crippen LogP contribution is 2.31. The van der Waals surface area contributed by atoms with Gasteiger partial charge < -0.3 is 4.42 Å². The van der Waals surface area contributed by atoms with Crippen LogP contribution in [-0.4, -0.2) is 14.8 Å². The summed E-state index contributed by atoms with van der Waals surface area (Å²) in [5.74, 6) is -0.177. The monoisotopic (exact) mass is 337 g/mol. The lowest BCUT2D eigenvalue weighted by Crippen LogP contribution is -2.08. The summed E-state index contributed by atoms with van der Waals surface area (Å²) in [6.07, 6.45) is -4.58. The number of aromatic nitrogens is 3. The van der Waals surface area contributed by atoms with Crippen molar-refractivity contribution < 1.29 is 17.6 Å². The molecule has 2 aromatic heterocycles. The molecule has 2 heterocycles. The van der Waals surface area contributed by atoms with Crippen LogP contribution >= 0.6 is 0 Å². The van der Waals surface area contributed by atoms with Crippen molar-refractivity contribution in [2.45, 2.75) is 33.5 Å². The number of nitrogens with zero attached hydrogens (tertiary/aromatic N) is 3. The maximum Gasteiger partial charge on any atom is 0.435 e. The molecule has 0 amide bonds. The van der Waals surface area contributed by atoms with E-state index >= 15 is 0 Å². The quantitative estimate of drug-likeness (QED) is 0.715. The summed E-state index contributed by atoms with van der Waals surface area (Å²) in [5.41, 5.74) is 0.356. The Labute approximate surface area is 134 Å². The largest absolute Gasteiger partial charge is 0.435 e. The van der Waals surface area contributed by atoms with Crippen molar-refractivity contribution in [1.29, 1.82) is 0 Å². The minimum absolute atomic E-state index is 0.0174. The summed E-state index contributed by atoms with van der Waals surface area (Å²) in [6, 6.07) is 4.32. The van der Waals surface area contributed by atoms with Gasteiger partial charge in [0.25, 0.3) is 0 Å². The van der Waals surface area contributed by atoms with Gasteiger partial charge >= 0.3 is 11.8 Å². The second-order valence-corrected chi connectivity index (χ2v) is 5.51. The van der Waals surface area contributed by atoms with Gasteiger partial charge in [-0.1, -0.05) is 6.07 Å². The second kappa shape index (κ2) is 5.47. The Kier molecular flexibility index (Phi) is 3.70. The van der Waals surface area contributed by atoms with E-state index in [1.54, 1.807) is 19.9 Å². The molecule has 0 aliphatic carbocycles. The van der Waals surface area contributed by atoms with Gasteiger partial charge in [0.1, 0.15) is 5.69 Å². The van der Waals surface area contributed by atoms with Crippen LogP contribution in [0.25, 0.3) is 22.5 Å². The first-order chi connectivity index (χ1) is 11.2. The van der Waals surface area contributed by atoms with Crippen molar-refractivity contribution in [2.75, 3.05) is 0 Å². The first kappa shape index (κ1) is 16.2. The zero-order valence-electron chi connectivity index (χ0n) is 13.2. The summed E-state index contributed by atoms with van der Waals surface area (Å²) >= 11 is 0. The molecule has 0 saturated heterocycles. The highest BCUT2D eigenvalue weighted by molar-refractivity contribution is 5.82. The molecule has 24 heavy (non-hydrogen) atoms. The third-order valence-corrected chi connectivity index (χ3v) is 3.66. The molecule has 3 aromatic rings. The van der Waals surface area contributed by atoms with Gasteiger partial charge in [-0.15, -0.1) is 0 Å². The standard InChI is InChI=1S/C16H14F3N3O2/c1-4-22-11(7-12(21-22)16(17,18)19)14-20-13-9(3)5-8(2)6-10(13)15(23)24-14/h5-7H,4H2,1-3H3. The Morgan fingerprint density at radius 2 is 1.92 bits per heavy atom. The minimum Gasteiger partial charge on any atom is -0.401 e. The molecule has 0 unspecified atom stereocenters. The van der Waals surface area contributed by atoms with E-state index in [9.17, 15) is 18.0 Å². The van der Waals surface area contributed by atoms with E-state index in [0.29, 0.717) is 10.9 Å². The molecule has 0 aliphatic rings. The molecule has 0 bridgehead atoms. The van der Waals surface area contributed by atoms with Crippen LogP contribution in [0.1, 0.15) is 23.7 Å². The lowest BCUT2D eigenvalue weighted by molar-refractivity contribution is -0.141. The van der Waals surface area contributed by atoms with Crippen LogP contribution in [0, 0.1) is 13.8 Å². The van der Waals surface area contributed by atoms with Gasteiger partial charge in [0.05, 0.1) is 10.9 Å². The van der Waals surface area contributed by atoms with E-state index in [0.717, 1.165) is 21.9 Å². The normalized spacial score (nSPS) is 12.1. The Morgan fingerprint density at radius 1 is 1.21 bits per heavy atom. The molecule has 8 heteroatoms. The molecule has 0 radical (unpaired) electrons. The van der Waals surface area contributed by atoms with Gasteiger partial charge in [-0.2, -0.15) is 18.3 Å². The minimum atomic E-state index is -4.58. The maximum absolute atomic E-state index is 12.9. The highest BCUT2D eigenvalue weighted by atomic mass is 19.4. The predicted octanol–water partition coefficient (Wildman–Crippen LogP) is 3.71. The van der Waals surface area contributed by atoms with Crippen molar-refractivity contribution in [3.63, 3.8) is 0 Å². The number of hydrogen-bond acceptors (Lipinski definition) is 4. The molecule has 0 saturated carbocycles. The lowest BCUT2D eigenvalue weighted by atomic mass is 10.1. The van der Waals surface area contributed by atoms with E-state index in [-0.39, 0.29) is 18.1 Å². The number of rotatable bonds is 2. The SMILES string of the molecule is CCn1nc(C(F)(F)F)cc1-c1nc2c(C)cc(C)cc2c(=O)o1. The number of halogens is 3. The van der Waals surface area contributed by atoms with Crippen LogP contribution in [0.2, 0.25) is 0 Å². The Morgan fingerprint density at radius 3 is 2.54 bits per heavy atom. The molecule has 0 atom stereocenters. The van der Waals surface area contributed by atoms with Gasteiger partial charge in [-0.3, -0.25) is 4.68 Å². The number of benzene rings is 1. The molecule has 0 spiro atoms. The van der Waals surface area contributed by atoms with Crippen LogP contribution < -0.4 is 5.63 Å². The van der Waals surface area contributed by atoms with Crippen molar-refractivity contribution in [1.82, 2.24) is 14.8 Å². The summed E-state index contributed by atoms with van der Waals surface area (Å²) in [5, 5.41) is 3.81. The van der Waals surface area contributed by atoms with E-state index in [1.807, 2.05) is 13.0 Å². The fourth-order valence-corrected chi connectivity index (χ4v) is 2.61. The van der Waals surface area contributed by atoms with E-state index in [2.05, 4.69) is 10.1 Å². The topological polar surface area (TPSA) is 60.9 Å². The molecular weight excluding hydrogens is 323 g/mol. The van der Waals surface area contributed by atoms with Crippen molar-refractivity contribution in [2.24, 2.45) is 0 Å². The summed E-state index contributed by atoms with van der Waals surface area (Å²) in [4.78, 5) is 16.5. The molecule has 126 valence electrons. The smallest absolute Gasteiger partial charge is 0.401 e. The first-order valence-corrected chi connectivity index (χ1v) is 7.28. The Bertz CT molecular complexity index is 987. The number of aryl methyl sites for hydroxylation is 3. The molecular formula is C16H14F3N3O2. The van der Waals surface area contributed by atoms with Crippen LogP contribution in [0.4, 0.5) is 13.2 Å². The lowest BCUT2D eigenvalue weighted by Gasteiger charge is -2.06. The summed E-state index contributed by atoms with van der Waals surface area (Å²) < 4.78 is 44.9.